The lowest BCUT2D eigenvalue weighted by molar-refractivity contribution is 0.216. The largest absolute Gasteiger partial charge is 0.395 e. The van der Waals surface area contributed by atoms with Crippen molar-refractivity contribution in [3.63, 3.8) is 0 Å². The van der Waals surface area contributed by atoms with Crippen LogP contribution in [0.4, 0.5) is 0 Å². The highest BCUT2D eigenvalue weighted by Crippen LogP contribution is 2.49. The number of halogens is 1. The van der Waals surface area contributed by atoms with Gasteiger partial charge in [-0.05, 0) is 13.8 Å². The third-order valence-corrected chi connectivity index (χ3v) is 3.97. The Balaban J connectivity index is 4.14. The van der Waals surface area contributed by atoms with Crippen LogP contribution in [-0.4, -0.2) is 36.5 Å². The Bertz CT molecular complexity index is 166. The van der Waals surface area contributed by atoms with Gasteiger partial charge in [-0.3, -0.25) is 4.57 Å². The molecule has 0 heterocycles. The Kier molecular flexibility index (Phi) is 7.00. The van der Waals surface area contributed by atoms with Crippen LogP contribution in [0.5, 0.6) is 0 Å². The molecule has 1 N–H and O–H groups in total. The molecule has 0 fully saturated rings. The molecule has 0 aliphatic rings. The first kappa shape index (κ1) is 13.4. The molecule has 0 bridgehead atoms. The van der Waals surface area contributed by atoms with Crippen LogP contribution in [0, 0.1) is 0 Å². The van der Waals surface area contributed by atoms with Crippen molar-refractivity contribution in [2.75, 3.05) is 26.0 Å². The van der Waals surface area contributed by atoms with Gasteiger partial charge < -0.3 is 14.2 Å². The fourth-order valence-corrected chi connectivity index (χ4v) is 3.02. The van der Waals surface area contributed by atoms with Gasteiger partial charge in [-0.1, -0.05) is 0 Å². The van der Waals surface area contributed by atoms with E-state index in [1.165, 1.54) is 0 Å². The lowest BCUT2D eigenvalue weighted by Gasteiger charge is -2.18. The summed E-state index contributed by atoms with van der Waals surface area (Å²) in [4.78, 5) is 0. The summed E-state index contributed by atoms with van der Waals surface area (Å²) in [5.74, 6) is 0. The van der Waals surface area contributed by atoms with E-state index in [1.807, 2.05) is 0 Å². The van der Waals surface area contributed by atoms with Crippen LogP contribution in [0.3, 0.4) is 0 Å². The van der Waals surface area contributed by atoms with Crippen molar-refractivity contribution in [3.8, 4) is 0 Å². The fraction of sp³-hybridized carbons (Fsp3) is 1.00. The number of hydrogen-bond acceptors (Lipinski definition) is 4. The molecule has 0 amide bonds. The second-order valence-electron chi connectivity index (χ2n) is 2.41. The lowest BCUT2D eigenvalue weighted by atomic mass is 10.5. The zero-order valence-corrected chi connectivity index (χ0v) is 9.55. The first-order valence-electron chi connectivity index (χ1n) is 4.21. The summed E-state index contributed by atoms with van der Waals surface area (Å²) in [6.45, 7) is 3.85. The summed E-state index contributed by atoms with van der Waals surface area (Å²) < 4.78 is 21.7. The van der Waals surface area contributed by atoms with Crippen LogP contribution >= 0.6 is 19.2 Å². The predicted octanol–water partition coefficient (Wildman–Crippen LogP) is 1.85. The van der Waals surface area contributed by atoms with E-state index in [4.69, 9.17) is 25.8 Å². The normalized spacial score (nSPS) is 14.5. The van der Waals surface area contributed by atoms with Crippen molar-refractivity contribution in [2.24, 2.45) is 0 Å². The van der Waals surface area contributed by atoms with E-state index in [9.17, 15) is 4.57 Å². The third kappa shape index (κ3) is 5.66. The summed E-state index contributed by atoms with van der Waals surface area (Å²) in [6.07, 6.45) is 0.0483. The van der Waals surface area contributed by atoms with Gasteiger partial charge in [-0.2, -0.15) is 0 Å². The third-order valence-electron chi connectivity index (χ3n) is 1.27. The molecule has 0 radical (unpaired) electrons. The van der Waals surface area contributed by atoms with Crippen LogP contribution < -0.4 is 0 Å². The number of alkyl halides is 1. The minimum Gasteiger partial charge on any atom is -0.395 e. The first-order chi connectivity index (χ1) is 6.08. The van der Waals surface area contributed by atoms with Gasteiger partial charge in [0.1, 0.15) is 0 Å². The molecule has 1 unspecified atom stereocenters. The summed E-state index contributed by atoms with van der Waals surface area (Å²) in [6, 6.07) is 0. The summed E-state index contributed by atoms with van der Waals surface area (Å²) in [5, 5.41) is 8.09. The van der Waals surface area contributed by atoms with Gasteiger partial charge in [0.05, 0.1) is 31.4 Å². The van der Waals surface area contributed by atoms with Crippen molar-refractivity contribution >= 4 is 19.2 Å². The highest BCUT2D eigenvalue weighted by atomic mass is 35.5. The Morgan fingerprint density at radius 2 is 1.85 bits per heavy atom. The molecule has 13 heavy (non-hydrogen) atoms. The quantitative estimate of drug-likeness (QED) is 0.536. The Morgan fingerprint density at radius 1 is 1.38 bits per heavy atom. The first-order valence-corrected chi connectivity index (χ1v) is 6.37. The molecule has 80 valence electrons. The highest BCUT2D eigenvalue weighted by molar-refractivity contribution is 7.54. The molecule has 0 aromatic rings. The van der Waals surface area contributed by atoms with E-state index in [-0.39, 0.29) is 12.8 Å². The Labute approximate surface area is 83.7 Å². The smallest absolute Gasteiger partial charge is 0.332 e. The number of rotatable bonds is 7. The van der Waals surface area contributed by atoms with Gasteiger partial charge in [0.15, 0.2) is 0 Å². The van der Waals surface area contributed by atoms with Crippen LogP contribution in [0.2, 0.25) is 0 Å². The van der Waals surface area contributed by atoms with E-state index in [1.54, 1.807) is 13.8 Å². The molecular weight excluding hydrogens is 214 g/mol. The maximum atomic E-state index is 11.7. The fourth-order valence-electron chi connectivity index (χ4n) is 0.836. The number of aliphatic hydroxyl groups is 1. The Hall–Kier alpha value is 0.400. The zero-order chi connectivity index (χ0) is 10.3. The molecule has 0 saturated heterocycles. The summed E-state index contributed by atoms with van der Waals surface area (Å²) >= 11 is 5.64. The van der Waals surface area contributed by atoms with Gasteiger partial charge in [-0.25, -0.2) is 0 Å². The lowest BCUT2D eigenvalue weighted by Crippen LogP contribution is -2.13. The molecule has 4 nitrogen and oxygen atoms in total. The SMILES string of the molecule is CCOP(=O)(CC(Cl)CO)OCC. The van der Waals surface area contributed by atoms with Crippen LogP contribution in [0.15, 0.2) is 0 Å². The molecule has 0 aliphatic heterocycles. The predicted molar refractivity (Wildman–Crippen MR) is 52.5 cm³/mol. The molecule has 0 saturated carbocycles. The standard InChI is InChI=1S/C7H16ClO4P/c1-3-11-13(10,12-4-2)6-7(8)5-9/h7,9H,3-6H2,1-2H3. The van der Waals surface area contributed by atoms with Crippen molar-refractivity contribution in [3.05, 3.63) is 0 Å². The van der Waals surface area contributed by atoms with Gasteiger partial charge in [0.25, 0.3) is 0 Å². The maximum absolute atomic E-state index is 11.7. The highest BCUT2D eigenvalue weighted by Gasteiger charge is 2.26. The van der Waals surface area contributed by atoms with E-state index >= 15 is 0 Å². The van der Waals surface area contributed by atoms with Crippen molar-refractivity contribution < 1.29 is 18.7 Å². The van der Waals surface area contributed by atoms with E-state index in [2.05, 4.69) is 0 Å². The minimum atomic E-state index is -3.08. The zero-order valence-electron chi connectivity index (χ0n) is 7.90. The van der Waals surface area contributed by atoms with Gasteiger partial charge >= 0.3 is 7.60 Å². The second-order valence-corrected chi connectivity index (χ2v) is 5.13. The van der Waals surface area contributed by atoms with E-state index < -0.39 is 13.0 Å². The monoisotopic (exact) mass is 230 g/mol. The molecule has 0 aromatic heterocycles. The van der Waals surface area contributed by atoms with Gasteiger partial charge in [0, 0.05) is 0 Å². The number of hydrogen-bond donors (Lipinski definition) is 1. The van der Waals surface area contributed by atoms with Crippen LogP contribution in [0.1, 0.15) is 13.8 Å². The molecule has 0 spiro atoms. The maximum Gasteiger partial charge on any atom is 0.332 e. The van der Waals surface area contributed by atoms with Crippen molar-refractivity contribution in [1.82, 2.24) is 0 Å². The van der Waals surface area contributed by atoms with Crippen molar-refractivity contribution in [1.29, 1.82) is 0 Å². The molecule has 0 aromatic carbocycles. The molecular formula is C7H16ClO4P. The van der Waals surface area contributed by atoms with Gasteiger partial charge in [-0.15, -0.1) is 11.6 Å². The van der Waals surface area contributed by atoms with Crippen LogP contribution in [-0.2, 0) is 13.6 Å². The molecule has 0 aliphatic carbocycles. The second kappa shape index (κ2) is 6.80. The van der Waals surface area contributed by atoms with E-state index in [0.29, 0.717) is 13.2 Å². The average Bonchev–Trinajstić information content (AvgIpc) is 2.04. The molecule has 0 rings (SSSR count). The van der Waals surface area contributed by atoms with Gasteiger partial charge in [0.2, 0.25) is 0 Å². The number of aliphatic hydroxyl groups excluding tert-OH is 1. The topological polar surface area (TPSA) is 55.8 Å². The molecule has 1 atom stereocenters. The Morgan fingerprint density at radius 3 is 2.15 bits per heavy atom. The molecule has 6 heteroatoms. The van der Waals surface area contributed by atoms with E-state index in [0.717, 1.165) is 0 Å². The summed E-state index contributed by atoms with van der Waals surface area (Å²) in [5.41, 5.74) is 0. The van der Waals surface area contributed by atoms with Crippen molar-refractivity contribution in [2.45, 2.75) is 19.2 Å². The average molecular weight is 231 g/mol. The van der Waals surface area contributed by atoms with Crippen LogP contribution in [0.25, 0.3) is 0 Å². The minimum absolute atomic E-state index is 0.0483. The summed E-state index contributed by atoms with van der Waals surface area (Å²) in [7, 11) is -3.08.